The van der Waals surface area contributed by atoms with Crippen molar-refractivity contribution in [2.75, 3.05) is 12.4 Å². The summed E-state index contributed by atoms with van der Waals surface area (Å²) in [6.45, 7) is 2.29. The number of alkyl halides is 1. The van der Waals surface area contributed by atoms with Crippen molar-refractivity contribution >= 4 is 15.9 Å². The van der Waals surface area contributed by atoms with Crippen LogP contribution in [0.15, 0.2) is 0 Å². The maximum Gasteiger partial charge on any atom is 2.00 e. The van der Waals surface area contributed by atoms with Crippen LogP contribution < -0.4 is 43.0 Å². The predicted octanol–water partition coefficient (Wildman–Crippen LogP) is -3.47. The number of unbranched alkanes of at least 4 members (excludes halogenated alkanes) is 12. The normalized spacial score (nSPS) is 10.3. The van der Waals surface area contributed by atoms with Crippen molar-refractivity contribution in [2.45, 2.75) is 90.4 Å². The average molecular weight is 580 g/mol. The van der Waals surface area contributed by atoms with Gasteiger partial charge in [0, 0.05) is 5.33 Å². The third kappa shape index (κ3) is 107. The molecule has 0 aliphatic heterocycles. The molecule has 13 heteroatoms. The van der Waals surface area contributed by atoms with Gasteiger partial charge in [0.1, 0.15) is 0 Å². The molecule has 0 fully saturated rings. The van der Waals surface area contributed by atoms with E-state index in [-0.39, 0.29) is 16.8 Å². The molecule has 0 amide bonds. The van der Waals surface area contributed by atoms with Crippen LogP contribution in [-0.4, -0.2) is 12.4 Å². The molecule has 0 unspecified atom stereocenters. The average Bonchev–Trinajstić information content (AvgIpc) is 2.55. The molecule has 0 saturated carbocycles. The molecule has 0 aromatic rings. The first-order chi connectivity index (χ1) is 12.9. The van der Waals surface area contributed by atoms with E-state index < -0.39 is 20.5 Å². The number of hydrogen-bond donors (Lipinski definition) is 1. The van der Waals surface area contributed by atoms with E-state index in [4.69, 9.17) is 37.3 Å². The molecule has 2 N–H and O–H groups in total. The molecule has 0 rings (SSSR count). The second-order valence-corrected chi connectivity index (χ2v) is 7.99. The van der Waals surface area contributed by atoms with Gasteiger partial charge in [-0.05, 0) is 13.5 Å². The van der Waals surface area contributed by atoms with E-state index in [0.29, 0.717) is 0 Å². The van der Waals surface area contributed by atoms with Gasteiger partial charge in [-0.15, -0.1) is 20.5 Å². The van der Waals surface area contributed by atoms with Gasteiger partial charge in [-0.3, -0.25) is 0 Å². The van der Waals surface area contributed by atoms with E-state index in [1.807, 2.05) is 0 Å². The van der Waals surface area contributed by atoms with E-state index in [2.05, 4.69) is 28.6 Å². The van der Waals surface area contributed by atoms with Crippen LogP contribution >= 0.6 is 15.9 Å². The SMILES string of the molecule is CCCCCCCCCCCCCCCBr.CN.[Co+2].[O-][Cl+3]([O-])([O-])[O-].[O-][Cl+3]([O-])([O-])[O-]. The van der Waals surface area contributed by atoms with E-state index in [1.165, 1.54) is 95.8 Å². The van der Waals surface area contributed by atoms with E-state index >= 15 is 0 Å². The molecule has 0 aromatic heterocycles. The van der Waals surface area contributed by atoms with Crippen LogP contribution in [-0.2, 0) is 16.8 Å². The molecule has 0 aromatic carbocycles. The van der Waals surface area contributed by atoms with Gasteiger partial charge in [-0.2, -0.15) is 0 Å². The number of nitrogens with two attached hydrogens (primary N) is 1. The Labute approximate surface area is 198 Å². The molecule has 0 atom stereocenters. The van der Waals surface area contributed by atoms with E-state index in [1.54, 1.807) is 0 Å². The molecular weight excluding hydrogens is 544 g/mol. The standard InChI is InChI=1S/C15H31Br.CH5N.2ClHO4.Co/c1-2-3-4-5-6-7-8-9-10-11-12-13-14-15-16;1-2;2*2-1(3,4)5;/h2-15H2,1H3;2H2,1H3;2*(H,2,3,4,5);/q;;;;+2/p-2. The minimum absolute atomic E-state index is 0. The van der Waals surface area contributed by atoms with Gasteiger partial charge >= 0.3 is 16.8 Å². The van der Waals surface area contributed by atoms with Crippen LogP contribution in [0.5, 0.6) is 0 Å². The van der Waals surface area contributed by atoms with Crippen molar-refractivity contribution < 1.29 is 74.5 Å². The Morgan fingerprint density at radius 3 is 0.862 bits per heavy atom. The molecule has 0 spiro atoms. The summed E-state index contributed by atoms with van der Waals surface area (Å²) < 4.78 is 67.9. The van der Waals surface area contributed by atoms with Gasteiger partial charge in [-0.1, -0.05) is 99.9 Å². The Morgan fingerprint density at radius 2 is 0.690 bits per heavy atom. The fraction of sp³-hybridized carbons (Fsp3) is 1.00. The van der Waals surface area contributed by atoms with Crippen molar-refractivity contribution in [1.29, 1.82) is 0 Å². The molecule has 29 heavy (non-hydrogen) atoms. The Kier molecular flexibility index (Phi) is 43.9. The largest absolute Gasteiger partial charge is 2.00 e. The number of rotatable bonds is 13. The molecule has 0 saturated heterocycles. The third-order valence-corrected chi connectivity index (χ3v) is 3.80. The molecule has 183 valence electrons. The van der Waals surface area contributed by atoms with Crippen molar-refractivity contribution in [3.8, 4) is 0 Å². The van der Waals surface area contributed by atoms with Crippen molar-refractivity contribution in [3.05, 3.63) is 0 Å². The third-order valence-electron chi connectivity index (χ3n) is 3.24. The maximum absolute atomic E-state index is 8.49. The zero-order valence-corrected chi connectivity index (χ0v) is 21.3. The fourth-order valence-electron chi connectivity index (χ4n) is 2.11. The summed E-state index contributed by atoms with van der Waals surface area (Å²) in [6.07, 6.45) is 18.8. The van der Waals surface area contributed by atoms with Gasteiger partial charge in [0.25, 0.3) is 0 Å². The predicted molar refractivity (Wildman–Crippen MR) is 89.6 cm³/mol. The van der Waals surface area contributed by atoms with Crippen LogP contribution in [0.3, 0.4) is 0 Å². The smallest absolute Gasteiger partial charge is 0.333 e. The monoisotopic (exact) mass is 578 g/mol. The summed E-state index contributed by atoms with van der Waals surface area (Å²) in [4.78, 5) is 0. The molecular formula is C16H36BrCl2CoNO8. The first-order valence-corrected chi connectivity index (χ1v) is 12.9. The van der Waals surface area contributed by atoms with Crippen LogP contribution in [0.4, 0.5) is 0 Å². The van der Waals surface area contributed by atoms with Crippen LogP contribution in [0, 0.1) is 20.5 Å². The first-order valence-electron chi connectivity index (χ1n) is 9.29. The zero-order valence-electron chi connectivity index (χ0n) is 17.2. The molecule has 0 bridgehead atoms. The Morgan fingerprint density at radius 1 is 0.517 bits per heavy atom. The Bertz CT molecular complexity index is 238. The second-order valence-electron chi connectivity index (χ2n) is 5.69. The van der Waals surface area contributed by atoms with E-state index in [9.17, 15) is 0 Å². The van der Waals surface area contributed by atoms with Crippen molar-refractivity contribution in [3.63, 3.8) is 0 Å². The molecule has 1 radical (unpaired) electrons. The van der Waals surface area contributed by atoms with Crippen molar-refractivity contribution in [1.82, 2.24) is 0 Å². The van der Waals surface area contributed by atoms with Crippen LogP contribution in [0.25, 0.3) is 0 Å². The quantitative estimate of drug-likeness (QED) is 0.169. The summed E-state index contributed by atoms with van der Waals surface area (Å²) in [7, 11) is -8.39. The molecule has 0 aliphatic rings. The Hall–Kier alpha value is 1.21. The summed E-state index contributed by atoms with van der Waals surface area (Å²) in [5.74, 6) is 0. The molecule has 0 heterocycles. The second kappa shape index (κ2) is 31.4. The van der Waals surface area contributed by atoms with Gasteiger partial charge in [0.05, 0.1) is 0 Å². The van der Waals surface area contributed by atoms with Crippen LogP contribution in [0.2, 0.25) is 0 Å². The van der Waals surface area contributed by atoms with Crippen molar-refractivity contribution in [2.24, 2.45) is 5.73 Å². The minimum Gasteiger partial charge on any atom is -0.333 e. The summed E-state index contributed by atoms with van der Waals surface area (Å²) in [6, 6.07) is 0. The topological polar surface area (TPSA) is 210 Å². The molecule has 9 nitrogen and oxygen atoms in total. The molecule has 0 aliphatic carbocycles. The number of halogens is 3. The fourth-order valence-corrected chi connectivity index (χ4v) is 2.51. The summed E-state index contributed by atoms with van der Waals surface area (Å²) >= 11 is 3.48. The van der Waals surface area contributed by atoms with E-state index in [0.717, 1.165) is 0 Å². The van der Waals surface area contributed by atoms with Gasteiger partial charge in [0.2, 0.25) is 0 Å². The van der Waals surface area contributed by atoms with Gasteiger partial charge in [-0.25, -0.2) is 37.3 Å². The van der Waals surface area contributed by atoms with Gasteiger partial charge in [0.15, 0.2) is 0 Å². The summed E-state index contributed by atoms with van der Waals surface area (Å²) in [5.41, 5.74) is 4.50. The maximum atomic E-state index is 8.49. The summed E-state index contributed by atoms with van der Waals surface area (Å²) in [5, 5.41) is 1.19. The number of hydrogen-bond acceptors (Lipinski definition) is 9. The van der Waals surface area contributed by atoms with Gasteiger partial charge < -0.3 is 5.73 Å². The van der Waals surface area contributed by atoms with Crippen LogP contribution in [0.1, 0.15) is 90.4 Å². The minimum atomic E-state index is -4.94. The Balaban J connectivity index is -0.000000122. The first kappa shape index (κ1) is 40.6. The zero-order chi connectivity index (χ0) is 22.9.